The van der Waals surface area contributed by atoms with Gasteiger partial charge in [0, 0.05) is 25.1 Å². The van der Waals surface area contributed by atoms with Crippen molar-refractivity contribution in [3.63, 3.8) is 0 Å². The lowest BCUT2D eigenvalue weighted by Crippen LogP contribution is -2.26. The second kappa shape index (κ2) is 9.05. The molecule has 3 heterocycles. The number of amides is 1. The van der Waals surface area contributed by atoms with Gasteiger partial charge in [0.15, 0.2) is 0 Å². The summed E-state index contributed by atoms with van der Waals surface area (Å²) in [4.78, 5) is 18.8. The monoisotopic (exact) mass is 474 g/mol. The summed E-state index contributed by atoms with van der Waals surface area (Å²) in [7, 11) is 1.84. The fraction of sp³-hybridized carbons (Fsp3) is 0.391. The van der Waals surface area contributed by atoms with Gasteiger partial charge in [-0.1, -0.05) is 13.0 Å². The summed E-state index contributed by atoms with van der Waals surface area (Å²) in [6, 6.07) is 6.84. The van der Waals surface area contributed by atoms with Gasteiger partial charge in [0.1, 0.15) is 23.8 Å². The molecule has 180 valence electrons. The van der Waals surface area contributed by atoms with Crippen LogP contribution in [-0.2, 0) is 26.2 Å². The molecule has 0 radical (unpaired) electrons. The summed E-state index contributed by atoms with van der Waals surface area (Å²) in [6.45, 7) is 3.38. The lowest BCUT2D eigenvalue weighted by molar-refractivity contribution is -0.138. The number of carbonyl (C=O) groups excluding carboxylic acids is 1. The van der Waals surface area contributed by atoms with E-state index in [4.69, 9.17) is 0 Å². The number of fused-ring (bicyclic) bond motifs is 1. The minimum atomic E-state index is -4.56. The van der Waals surface area contributed by atoms with Crippen molar-refractivity contribution < 1.29 is 23.1 Å². The highest BCUT2D eigenvalue weighted by Crippen LogP contribution is 2.39. The predicted octanol–water partition coefficient (Wildman–Crippen LogP) is 3.53. The maximum absolute atomic E-state index is 13.5. The van der Waals surface area contributed by atoms with Crippen LogP contribution in [0.15, 0.2) is 36.7 Å². The maximum Gasteiger partial charge on any atom is 0.416 e. The second-order valence-corrected chi connectivity index (χ2v) is 8.56. The smallest absolute Gasteiger partial charge is 0.394 e. The molecule has 1 aliphatic rings. The number of nitrogens with zero attached hydrogens (tertiary/aromatic N) is 5. The number of alkyl halides is 3. The molecular formula is C23H25F3N6O2. The molecule has 0 spiro atoms. The highest BCUT2D eigenvalue weighted by molar-refractivity contribution is 6.10. The van der Waals surface area contributed by atoms with Crippen LogP contribution in [0.3, 0.4) is 0 Å². The van der Waals surface area contributed by atoms with Crippen molar-refractivity contribution in [2.75, 3.05) is 16.8 Å². The summed E-state index contributed by atoms with van der Waals surface area (Å²) in [6.07, 6.45) is -2.40. The summed E-state index contributed by atoms with van der Waals surface area (Å²) in [5.74, 6) is 0.833. The molecule has 0 fully saturated rings. The van der Waals surface area contributed by atoms with Crippen molar-refractivity contribution in [1.29, 1.82) is 0 Å². The van der Waals surface area contributed by atoms with Gasteiger partial charge >= 0.3 is 6.18 Å². The minimum absolute atomic E-state index is 0.0207. The normalized spacial score (nSPS) is 15.4. The Labute approximate surface area is 194 Å². The van der Waals surface area contributed by atoms with Gasteiger partial charge in [-0.3, -0.25) is 9.69 Å². The van der Waals surface area contributed by atoms with Gasteiger partial charge in [-0.25, -0.2) is 4.98 Å². The summed E-state index contributed by atoms with van der Waals surface area (Å²) in [5.41, 5.74) is -0.0367. The Morgan fingerprint density at radius 1 is 1.24 bits per heavy atom. The van der Waals surface area contributed by atoms with Gasteiger partial charge in [0.25, 0.3) is 5.91 Å². The SMILES string of the molecule is C[C@H](Cc1nncn1C)c1cc(N[C@@H](C)CO)nc(N2Cc3c(cccc3C(F)(F)F)C2=O)c1. The van der Waals surface area contributed by atoms with Crippen LogP contribution in [0.1, 0.15) is 52.6 Å². The first-order valence-corrected chi connectivity index (χ1v) is 10.8. The van der Waals surface area contributed by atoms with Crippen molar-refractivity contribution in [2.45, 2.75) is 44.9 Å². The van der Waals surface area contributed by atoms with Crippen LogP contribution in [0.2, 0.25) is 0 Å². The molecule has 0 saturated heterocycles. The lowest BCUT2D eigenvalue weighted by atomic mass is 9.97. The largest absolute Gasteiger partial charge is 0.416 e. The molecular weight excluding hydrogens is 449 g/mol. The fourth-order valence-corrected chi connectivity index (χ4v) is 4.00. The molecule has 34 heavy (non-hydrogen) atoms. The number of aryl methyl sites for hydroxylation is 1. The summed E-state index contributed by atoms with van der Waals surface area (Å²) in [5, 5.41) is 20.5. The van der Waals surface area contributed by atoms with Gasteiger partial charge in [0.05, 0.1) is 18.7 Å². The van der Waals surface area contributed by atoms with E-state index < -0.39 is 17.6 Å². The zero-order valence-electron chi connectivity index (χ0n) is 19.0. The van der Waals surface area contributed by atoms with E-state index in [1.54, 1.807) is 19.3 Å². The van der Waals surface area contributed by atoms with E-state index in [1.165, 1.54) is 17.0 Å². The number of nitrogens with one attached hydrogen (secondary N) is 1. The molecule has 1 aromatic carbocycles. The molecule has 0 unspecified atom stereocenters. The van der Waals surface area contributed by atoms with Crippen LogP contribution in [-0.4, -0.2) is 43.4 Å². The number of carbonyl (C=O) groups is 1. The second-order valence-electron chi connectivity index (χ2n) is 8.56. The quantitative estimate of drug-likeness (QED) is 0.544. The van der Waals surface area contributed by atoms with Crippen LogP contribution in [0.5, 0.6) is 0 Å². The van der Waals surface area contributed by atoms with Crippen molar-refractivity contribution in [1.82, 2.24) is 19.7 Å². The van der Waals surface area contributed by atoms with Gasteiger partial charge in [0.2, 0.25) is 0 Å². The van der Waals surface area contributed by atoms with Gasteiger partial charge in [-0.05, 0) is 48.2 Å². The van der Waals surface area contributed by atoms with Crippen molar-refractivity contribution in [3.05, 3.63) is 64.7 Å². The Balaban J connectivity index is 1.72. The van der Waals surface area contributed by atoms with E-state index >= 15 is 0 Å². The molecule has 4 rings (SSSR count). The van der Waals surface area contributed by atoms with Gasteiger partial charge in [-0.15, -0.1) is 10.2 Å². The molecule has 3 aromatic rings. The van der Waals surface area contributed by atoms with Crippen LogP contribution >= 0.6 is 0 Å². The lowest BCUT2D eigenvalue weighted by Gasteiger charge is -2.21. The molecule has 0 bridgehead atoms. The molecule has 0 aliphatic carbocycles. The highest BCUT2D eigenvalue weighted by Gasteiger charge is 2.40. The van der Waals surface area contributed by atoms with E-state index in [2.05, 4.69) is 20.5 Å². The van der Waals surface area contributed by atoms with Crippen LogP contribution < -0.4 is 10.2 Å². The van der Waals surface area contributed by atoms with E-state index in [1.807, 2.05) is 24.6 Å². The van der Waals surface area contributed by atoms with E-state index in [0.29, 0.717) is 12.2 Å². The summed E-state index contributed by atoms with van der Waals surface area (Å²) >= 11 is 0. The first-order valence-electron chi connectivity index (χ1n) is 10.8. The Morgan fingerprint density at radius 2 is 2.00 bits per heavy atom. The molecule has 1 amide bonds. The number of anilines is 2. The third kappa shape index (κ3) is 4.60. The average molecular weight is 474 g/mol. The van der Waals surface area contributed by atoms with E-state index in [-0.39, 0.29) is 42.1 Å². The minimum Gasteiger partial charge on any atom is -0.394 e. The Hall–Kier alpha value is -3.47. The molecule has 0 saturated carbocycles. The number of rotatable bonds is 7. The number of hydrogen-bond donors (Lipinski definition) is 2. The first kappa shape index (κ1) is 23.7. The molecule has 2 aromatic heterocycles. The van der Waals surface area contributed by atoms with Crippen LogP contribution in [0.4, 0.5) is 24.8 Å². The number of pyridine rings is 1. The maximum atomic E-state index is 13.5. The van der Waals surface area contributed by atoms with Crippen LogP contribution in [0, 0.1) is 0 Å². The van der Waals surface area contributed by atoms with Crippen molar-refractivity contribution in [2.24, 2.45) is 7.05 Å². The van der Waals surface area contributed by atoms with E-state index in [0.717, 1.165) is 17.5 Å². The molecule has 2 N–H and O–H groups in total. The topological polar surface area (TPSA) is 96.2 Å². The molecule has 11 heteroatoms. The van der Waals surface area contributed by atoms with Gasteiger partial charge in [-0.2, -0.15) is 13.2 Å². The Bertz CT molecular complexity index is 1210. The predicted molar refractivity (Wildman–Crippen MR) is 119 cm³/mol. The fourth-order valence-electron chi connectivity index (χ4n) is 4.00. The number of benzene rings is 1. The molecule has 8 nitrogen and oxygen atoms in total. The van der Waals surface area contributed by atoms with Crippen LogP contribution in [0.25, 0.3) is 0 Å². The van der Waals surface area contributed by atoms with Crippen molar-refractivity contribution >= 4 is 17.5 Å². The highest BCUT2D eigenvalue weighted by atomic mass is 19.4. The average Bonchev–Trinajstić information content (AvgIpc) is 3.35. The zero-order valence-corrected chi connectivity index (χ0v) is 19.0. The number of hydrogen-bond acceptors (Lipinski definition) is 6. The standard InChI is InChI=1S/C23H25F3N6O2/c1-13(7-21-30-27-12-31(21)3)15-8-19(28-14(2)11-33)29-20(9-15)32-10-17-16(22(32)34)5-4-6-18(17)23(24,25)26/h4-6,8-9,12-14,33H,7,10-11H2,1-3H3,(H,28,29)/t13-,14+/m1/s1. The van der Waals surface area contributed by atoms with Gasteiger partial charge < -0.3 is 15.0 Å². The molecule has 2 atom stereocenters. The molecule has 1 aliphatic heterocycles. The number of aliphatic hydroxyl groups is 1. The van der Waals surface area contributed by atoms with Crippen molar-refractivity contribution in [3.8, 4) is 0 Å². The Kier molecular flexibility index (Phi) is 6.30. The number of aromatic nitrogens is 4. The number of aliphatic hydroxyl groups excluding tert-OH is 1. The third-order valence-corrected chi connectivity index (χ3v) is 5.91. The Morgan fingerprint density at radius 3 is 2.65 bits per heavy atom. The number of halogens is 3. The third-order valence-electron chi connectivity index (χ3n) is 5.91. The summed E-state index contributed by atoms with van der Waals surface area (Å²) < 4.78 is 42.4. The first-order chi connectivity index (χ1) is 16.1. The zero-order chi connectivity index (χ0) is 24.6. The van der Waals surface area contributed by atoms with E-state index in [9.17, 15) is 23.1 Å².